The van der Waals surface area contributed by atoms with Crippen LogP contribution in [0.25, 0.3) is 0 Å². The summed E-state index contributed by atoms with van der Waals surface area (Å²) in [7, 11) is -2.50. The molecular weight excluding hydrogens is 408 g/mol. The molecule has 1 aromatic carbocycles. The zero-order valence-electron chi connectivity index (χ0n) is 18.3. The van der Waals surface area contributed by atoms with Crippen molar-refractivity contribution in [2.45, 2.75) is 52.7 Å². The minimum atomic E-state index is -3.92. The number of benzene rings is 1. The Morgan fingerprint density at radius 1 is 1.20 bits per heavy atom. The van der Waals surface area contributed by atoms with Gasteiger partial charge in [-0.25, -0.2) is 0 Å². The van der Waals surface area contributed by atoms with Crippen molar-refractivity contribution in [1.82, 2.24) is 0 Å². The fraction of sp³-hybridized carbons (Fsp3) is 0.571. The molecule has 30 heavy (non-hydrogen) atoms. The van der Waals surface area contributed by atoms with Gasteiger partial charge in [0.25, 0.3) is 5.90 Å². The van der Waals surface area contributed by atoms with Crippen LogP contribution in [0.4, 0.5) is 0 Å². The van der Waals surface area contributed by atoms with Gasteiger partial charge in [0, 0.05) is 6.42 Å². The van der Waals surface area contributed by atoms with Gasteiger partial charge >= 0.3 is 21.9 Å². The number of ether oxygens (including phenoxy) is 2. The molecule has 1 aliphatic heterocycles. The summed E-state index contributed by atoms with van der Waals surface area (Å²) in [5.41, 5.74) is 0.906. The van der Waals surface area contributed by atoms with Crippen molar-refractivity contribution in [2.75, 3.05) is 19.9 Å². The van der Waals surface area contributed by atoms with Gasteiger partial charge in [-0.3, -0.25) is 4.65 Å². The summed E-state index contributed by atoms with van der Waals surface area (Å²) in [6, 6.07) is 8.79. The van der Waals surface area contributed by atoms with Crippen LogP contribution >= 0.6 is 0 Å². The first-order chi connectivity index (χ1) is 14.0. The van der Waals surface area contributed by atoms with Crippen LogP contribution in [-0.4, -0.2) is 44.9 Å². The number of hydrogen-bond donors (Lipinski definition) is 0. The number of hydrogen-bond acceptors (Lipinski definition) is 7. The van der Waals surface area contributed by atoms with Gasteiger partial charge < -0.3 is 18.9 Å². The third kappa shape index (κ3) is 6.72. The Morgan fingerprint density at radius 2 is 1.87 bits per heavy atom. The largest absolute Gasteiger partial charge is 0.625 e. The lowest BCUT2D eigenvalue weighted by atomic mass is 10.0. The molecule has 0 amide bonds. The van der Waals surface area contributed by atoms with Gasteiger partial charge in [-0.15, -0.1) is 0 Å². The predicted octanol–water partition coefficient (Wildman–Crippen LogP) is 3.89. The quantitative estimate of drug-likeness (QED) is 0.237. The molecule has 1 heterocycles. The number of unbranched alkanes of at least 4 members (excludes halogenated alkanes) is 1. The van der Waals surface area contributed by atoms with E-state index in [-0.39, 0.29) is 36.8 Å². The van der Waals surface area contributed by atoms with Gasteiger partial charge in [0.05, 0.1) is 19.9 Å². The monoisotopic (exact) mass is 440 g/mol. The fourth-order valence-electron chi connectivity index (χ4n) is 3.07. The van der Waals surface area contributed by atoms with Crippen molar-refractivity contribution in [1.29, 1.82) is 0 Å². The lowest BCUT2D eigenvalue weighted by Gasteiger charge is -2.46. The van der Waals surface area contributed by atoms with Crippen LogP contribution in [0.2, 0.25) is 0 Å². The van der Waals surface area contributed by atoms with Gasteiger partial charge in [0.1, 0.15) is 6.61 Å². The highest BCUT2D eigenvalue weighted by Gasteiger charge is 2.44. The SMILES string of the molecule is CCCCOC1=C(OS(C)(=O)=O)N=C(OCc2ccccc2)C(CC(C)C)[N+]1(C)[O-]. The van der Waals surface area contributed by atoms with E-state index in [2.05, 4.69) is 4.99 Å². The van der Waals surface area contributed by atoms with Crippen LogP contribution < -0.4 is 0 Å². The average molecular weight is 441 g/mol. The molecule has 2 unspecified atom stereocenters. The Bertz CT molecular complexity index is 863. The number of hydroxylamine groups is 3. The standard InChI is InChI=1S/C21H32N2O6S/c1-6-7-13-27-21-20(29-30(5,25)26)22-19(18(14-16(2)3)23(21,4)24)28-15-17-11-9-8-10-12-17/h8-12,16,18H,6-7,13-15H2,1-5H3. The van der Waals surface area contributed by atoms with E-state index < -0.39 is 20.8 Å². The topological polar surface area (TPSA) is 97.3 Å². The maximum absolute atomic E-state index is 13.8. The van der Waals surface area contributed by atoms with E-state index in [1.165, 1.54) is 7.05 Å². The third-order valence-electron chi connectivity index (χ3n) is 4.57. The van der Waals surface area contributed by atoms with Crippen LogP contribution in [0, 0.1) is 11.1 Å². The molecule has 2 atom stereocenters. The highest BCUT2D eigenvalue weighted by Crippen LogP contribution is 2.34. The van der Waals surface area contributed by atoms with Crippen molar-refractivity contribution in [3.05, 3.63) is 52.9 Å². The molecule has 0 radical (unpaired) electrons. The molecule has 0 spiro atoms. The molecule has 9 heteroatoms. The van der Waals surface area contributed by atoms with Crippen molar-refractivity contribution in [3.8, 4) is 0 Å². The molecular formula is C21H32N2O6S. The lowest BCUT2D eigenvalue weighted by molar-refractivity contribution is -0.857. The highest BCUT2D eigenvalue weighted by atomic mass is 32.2. The molecule has 1 aromatic rings. The summed E-state index contributed by atoms with van der Waals surface area (Å²) in [6.45, 7) is 6.46. The Kier molecular flexibility index (Phi) is 8.28. The van der Waals surface area contributed by atoms with E-state index >= 15 is 0 Å². The van der Waals surface area contributed by atoms with E-state index in [0.29, 0.717) is 12.8 Å². The maximum atomic E-state index is 13.8. The molecule has 8 nitrogen and oxygen atoms in total. The first kappa shape index (κ1) is 24.2. The average Bonchev–Trinajstić information content (AvgIpc) is 2.64. The Labute approximate surface area is 179 Å². The Hall–Kier alpha value is -2.10. The summed E-state index contributed by atoms with van der Waals surface area (Å²) in [6.07, 6.45) is 2.97. The van der Waals surface area contributed by atoms with Crippen LogP contribution in [0.15, 0.2) is 47.1 Å². The number of rotatable bonds is 10. The van der Waals surface area contributed by atoms with E-state index in [4.69, 9.17) is 13.7 Å². The Balaban J connectivity index is 2.45. The van der Waals surface area contributed by atoms with E-state index in [1.54, 1.807) is 0 Å². The smallest absolute Gasteiger partial charge is 0.357 e. The van der Waals surface area contributed by atoms with Crippen LogP contribution in [0.3, 0.4) is 0 Å². The minimum absolute atomic E-state index is 0.145. The molecule has 0 aliphatic carbocycles. The molecule has 0 aromatic heterocycles. The summed E-state index contributed by atoms with van der Waals surface area (Å²) in [5, 5.41) is 13.8. The lowest BCUT2D eigenvalue weighted by Crippen LogP contribution is -2.55. The predicted molar refractivity (Wildman–Crippen MR) is 115 cm³/mol. The van der Waals surface area contributed by atoms with Crippen molar-refractivity contribution in [2.24, 2.45) is 10.9 Å². The molecule has 0 fully saturated rings. The zero-order chi connectivity index (χ0) is 22.4. The first-order valence-corrected chi connectivity index (χ1v) is 12.0. The summed E-state index contributed by atoms with van der Waals surface area (Å²) < 4.78 is 39.3. The second kappa shape index (κ2) is 10.3. The second-order valence-corrected chi connectivity index (χ2v) is 9.53. The van der Waals surface area contributed by atoms with Gasteiger partial charge in [-0.1, -0.05) is 57.5 Å². The molecule has 0 saturated carbocycles. The van der Waals surface area contributed by atoms with Crippen molar-refractivity contribution < 1.29 is 26.7 Å². The Morgan fingerprint density at radius 3 is 2.43 bits per heavy atom. The van der Waals surface area contributed by atoms with Gasteiger partial charge in [0.2, 0.25) is 0 Å². The first-order valence-electron chi connectivity index (χ1n) is 10.1. The van der Waals surface area contributed by atoms with Crippen molar-refractivity contribution in [3.63, 3.8) is 0 Å². The molecule has 0 N–H and O–H groups in total. The van der Waals surface area contributed by atoms with Gasteiger partial charge in [-0.05, 0) is 17.9 Å². The summed E-state index contributed by atoms with van der Waals surface area (Å²) in [4.78, 5) is 4.30. The van der Waals surface area contributed by atoms with Crippen LogP contribution in [-0.2, 0) is 30.4 Å². The molecule has 2 rings (SSSR count). The van der Waals surface area contributed by atoms with Crippen molar-refractivity contribution >= 4 is 16.0 Å². The van der Waals surface area contributed by atoms with Gasteiger partial charge in [0.15, 0.2) is 6.04 Å². The van der Waals surface area contributed by atoms with Crippen LogP contribution in [0.1, 0.15) is 45.6 Å². The summed E-state index contributed by atoms with van der Waals surface area (Å²) >= 11 is 0. The van der Waals surface area contributed by atoms with E-state index in [0.717, 1.165) is 18.2 Å². The highest BCUT2D eigenvalue weighted by molar-refractivity contribution is 7.86. The van der Waals surface area contributed by atoms with E-state index in [9.17, 15) is 13.6 Å². The normalized spacial score (nSPS) is 22.1. The van der Waals surface area contributed by atoms with Gasteiger partial charge in [-0.2, -0.15) is 13.4 Å². The summed E-state index contributed by atoms with van der Waals surface area (Å²) in [5.74, 6) is -0.187. The maximum Gasteiger partial charge on any atom is 0.357 e. The number of nitrogens with zero attached hydrogens (tertiary/aromatic N) is 2. The second-order valence-electron chi connectivity index (χ2n) is 7.96. The fourth-order valence-corrected chi connectivity index (χ4v) is 3.47. The number of aliphatic imine (C=N–C) groups is 1. The minimum Gasteiger partial charge on any atom is -0.625 e. The number of quaternary nitrogens is 1. The molecule has 0 saturated heterocycles. The number of likely N-dealkylation sites (N-methyl/N-ethyl adjacent to an activating group) is 1. The third-order valence-corrected chi connectivity index (χ3v) is 5.03. The zero-order valence-corrected chi connectivity index (χ0v) is 19.1. The molecule has 1 aliphatic rings. The van der Waals surface area contributed by atoms with Crippen LogP contribution in [0.5, 0.6) is 0 Å². The van der Waals surface area contributed by atoms with E-state index in [1.807, 2.05) is 51.1 Å². The molecule has 168 valence electrons. The molecule has 0 bridgehead atoms.